The summed E-state index contributed by atoms with van der Waals surface area (Å²) in [6, 6.07) is 12.7. The highest BCUT2D eigenvalue weighted by molar-refractivity contribution is 6.30. The van der Waals surface area contributed by atoms with Crippen molar-refractivity contribution in [1.29, 1.82) is 0 Å². The number of benzene rings is 2. The quantitative estimate of drug-likeness (QED) is 0.499. The molecule has 0 saturated heterocycles. The minimum atomic E-state index is -0.762. The second kappa shape index (κ2) is 8.46. The van der Waals surface area contributed by atoms with Gasteiger partial charge in [0.25, 0.3) is 5.91 Å². The summed E-state index contributed by atoms with van der Waals surface area (Å²) in [5.74, 6) is -0.255. The second-order valence-corrected chi connectivity index (χ2v) is 6.10. The normalized spacial score (nSPS) is 12.1. The highest BCUT2D eigenvalue weighted by Crippen LogP contribution is 2.20. The monoisotopic (exact) mass is 386 g/mol. The van der Waals surface area contributed by atoms with Crippen LogP contribution in [-0.2, 0) is 4.79 Å². The van der Waals surface area contributed by atoms with E-state index in [2.05, 4.69) is 20.7 Å². The molecule has 3 rings (SSSR count). The summed E-state index contributed by atoms with van der Waals surface area (Å²) >= 11 is 5.89. The van der Waals surface area contributed by atoms with Gasteiger partial charge in [0.1, 0.15) is 11.6 Å². The molecule has 3 aromatic rings. The molecule has 1 aromatic heterocycles. The maximum atomic E-state index is 13.1. The van der Waals surface area contributed by atoms with Crippen LogP contribution in [0.4, 0.5) is 4.39 Å². The van der Waals surface area contributed by atoms with Gasteiger partial charge in [-0.3, -0.25) is 9.89 Å². The molecule has 6 nitrogen and oxygen atoms in total. The minimum Gasteiger partial charge on any atom is -0.481 e. The van der Waals surface area contributed by atoms with E-state index in [1.54, 1.807) is 49.5 Å². The first-order valence-electron chi connectivity index (χ1n) is 8.07. The molecule has 0 radical (unpaired) electrons. The van der Waals surface area contributed by atoms with Crippen LogP contribution < -0.4 is 10.2 Å². The molecule has 2 N–H and O–H groups in total. The fraction of sp³-hybridized carbons (Fsp3) is 0.105. The first-order chi connectivity index (χ1) is 13.0. The van der Waals surface area contributed by atoms with Gasteiger partial charge in [-0.05, 0) is 49.4 Å². The van der Waals surface area contributed by atoms with E-state index < -0.39 is 12.0 Å². The average molecular weight is 387 g/mol. The van der Waals surface area contributed by atoms with Gasteiger partial charge in [-0.1, -0.05) is 17.7 Å². The van der Waals surface area contributed by atoms with Crippen LogP contribution in [0.2, 0.25) is 5.02 Å². The third-order valence-corrected chi connectivity index (χ3v) is 3.89. The summed E-state index contributed by atoms with van der Waals surface area (Å²) in [6.07, 6.45) is 2.24. The molecule has 0 bridgehead atoms. The molecule has 27 heavy (non-hydrogen) atoms. The summed E-state index contributed by atoms with van der Waals surface area (Å²) < 4.78 is 18.6. The van der Waals surface area contributed by atoms with E-state index in [9.17, 15) is 9.18 Å². The number of amides is 1. The number of aromatic amines is 1. The van der Waals surface area contributed by atoms with Gasteiger partial charge >= 0.3 is 0 Å². The highest BCUT2D eigenvalue weighted by atomic mass is 35.5. The molecule has 0 saturated carbocycles. The minimum absolute atomic E-state index is 0.325. The van der Waals surface area contributed by atoms with Crippen molar-refractivity contribution in [3.8, 4) is 17.0 Å². The smallest absolute Gasteiger partial charge is 0.280 e. The molecule has 2 aromatic carbocycles. The lowest BCUT2D eigenvalue weighted by molar-refractivity contribution is -0.127. The summed E-state index contributed by atoms with van der Waals surface area (Å²) in [4.78, 5) is 12.1. The molecule has 1 unspecified atom stereocenters. The Morgan fingerprint density at radius 2 is 2.11 bits per heavy atom. The Morgan fingerprint density at radius 3 is 2.85 bits per heavy atom. The predicted molar refractivity (Wildman–Crippen MR) is 101 cm³/mol. The van der Waals surface area contributed by atoms with E-state index in [1.165, 1.54) is 18.3 Å². The fourth-order valence-corrected chi connectivity index (χ4v) is 2.48. The molecular formula is C19H16ClFN4O2. The van der Waals surface area contributed by atoms with E-state index in [0.717, 1.165) is 5.56 Å². The third kappa shape index (κ3) is 4.92. The van der Waals surface area contributed by atoms with Crippen LogP contribution >= 0.6 is 11.6 Å². The lowest BCUT2D eigenvalue weighted by atomic mass is 10.1. The zero-order valence-electron chi connectivity index (χ0n) is 14.3. The van der Waals surface area contributed by atoms with E-state index in [-0.39, 0.29) is 5.82 Å². The van der Waals surface area contributed by atoms with Gasteiger partial charge in [-0.25, -0.2) is 9.82 Å². The molecule has 0 spiro atoms. The number of carbonyl (C=O) groups excluding carboxylic acids is 1. The SMILES string of the molecule is CC(Oc1cccc(Cl)c1)C(=O)N/N=C/c1cn[nH]c1-c1ccc(F)cc1. The molecule has 0 aliphatic rings. The largest absolute Gasteiger partial charge is 0.481 e. The molecule has 1 amide bonds. The molecule has 1 heterocycles. The number of H-pyrrole nitrogens is 1. The van der Waals surface area contributed by atoms with Crippen LogP contribution in [0.3, 0.4) is 0 Å². The maximum Gasteiger partial charge on any atom is 0.280 e. The van der Waals surface area contributed by atoms with Crippen LogP contribution in [0.25, 0.3) is 11.3 Å². The zero-order chi connectivity index (χ0) is 19.2. The van der Waals surface area contributed by atoms with Crippen molar-refractivity contribution in [3.63, 3.8) is 0 Å². The second-order valence-electron chi connectivity index (χ2n) is 5.66. The van der Waals surface area contributed by atoms with Crippen LogP contribution in [0, 0.1) is 5.82 Å². The number of hydrazone groups is 1. The standard InChI is InChI=1S/C19H16ClFN4O2/c1-12(27-17-4-2-3-15(20)9-17)19(26)25-23-11-14-10-22-24-18(14)13-5-7-16(21)8-6-13/h2-12H,1H3,(H,22,24)(H,25,26)/b23-11+. The number of hydrogen-bond acceptors (Lipinski definition) is 4. The summed E-state index contributed by atoms with van der Waals surface area (Å²) in [7, 11) is 0. The number of nitrogens with zero attached hydrogens (tertiary/aromatic N) is 2. The van der Waals surface area contributed by atoms with Gasteiger partial charge in [0, 0.05) is 16.1 Å². The third-order valence-electron chi connectivity index (χ3n) is 3.66. The molecule has 0 fully saturated rings. The number of rotatable bonds is 6. The lowest BCUT2D eigenvalue weighted by Gasteiger charge is -2.12. The molecule has 0 aliphatic carbocycles. The maximum absolute atomic E-state index is 13.1. The van der Waals surface area contributed by atoms with Crippen LogP contribution in [0.5, 0.6) is 5.75 Å². The number of halogens is 2. The topological polar surface area (TPSA) is 79.4 Å². The first-order valence-corrected chi connectivity index (χ1v) is 8.45. The van der Waals surface area contributed by atoms with Crippen molar-refractivity contribution in [2.45, 2.75) is 13.0 Å². The van der Waals surface area contributed by atoms with Crippen molar-refractivity contribution < 1.29 is 13.9 Å². The van der Waals surface area contributed by atoms with Gasteiger partial charge in [-0.15, -0.1) is 0 Å². The fourth-order valence-electron chi connectivity index (χ4n) is 2.30. The molecule has 0 aliphatic heterocycles. The van der Waals surface area contributed by atoms with Gasteiger partial charge in [0.05, 0.1) is 18.1 Å². The summed E-state index contributed by atoms with van der Waals surface area (Å²) in [5.41, 5.74) is 4.47. The van der Waals surface area contributed by atoms with Crippen molar-refractivity contribution in [2.75, 3.05) is 0 Å². The predicted octanol–water partition coefficient (Wildman–Crippen LogP) is 3.79. The van der Waals surface area contributed by atoms with Crippen molar-refractivity contribution in [3.05, 3.63) is 71.1 Å². The number of ether oxygens (including phenoxy) is 1. The summed E-state index contributed by atoms with van der Waals surface area (Å²) in [5, 5.41) is 11.2. The van der Waals surface area contributed by atoms with Gasteiger partial charge < -0.3 is 4.74 Å². The molecular weight excluding hydrogens is 371 g/mol. The first kappa shape index (κ1) is 18.6. The van der Waals surface area contributed by atoms with E-state index in [0.29, 0.717) is 22.0 Å². The van der Waals surface area contributed by atoms with Crippen molar-refractivity contribution in [2.24, 2.45) is 5.10 Å². The van der Waals surface area contributed by atoms with Gasteiger partial charge in [-0.2, -0.15) is 10.2 Å². The Labute approximate surface area is 160 Å². The Hall–Kier alpha value is -3.19. The Kier molecular flexibility index (Phi) is 5.83. The molecule has 1 atom stereocenters. The zero-order valence-corrected chi connectivity index (χ0v) is 15.1. The Balaban J connectivity index is 1.61. The number of carbonyl (C=O) groups is 1. The van der Waals surface area contributed by atoms with Crippen LogP contribution in [0.15, 0.2) is 59.8 Å². The molecule has 8 heteroatoms. The summed E-state index contributed by atoms with van der Waals surface area (Å²) in [6.45, 7) is 1.60. The van der Waals surface area contributed by atoms with E-state index in [1.807, 2.05) is 0 Å². The Bertz CT molecular complexity index is 956. The van der Waals surface area contributed by atoms with Crippen LogP contribution in [-0.4, -0.2) is 28.4 Å². The molecule has 138 valence electrons. The Morgan fingerprint density at radius 1 is 1.33 bits per heavy atom. The van der Waals surface area contributed by atoms with Crippen molar-refractivity contribution in [1.82, 2.24) is 15.6 Å². The average Bonchev–Trinajstić information content (AvgIpc) is 3.10. The van der Waals surface area contributed by atoms with E-state index in [4.69, 9.17) is 16.3 Å². The number of nitrogens with one attached hydrogen (secondary N) is 2. The van der Waals surface area contributed by atoms with Crippen molar-refractivity contribution >= 4 is 23.7 Å². The van der Waals surface area contributed by atoms with Gasteiger partial charge in [0.15, 0.2) is 6.10 Å². The van der Waals surface area contributed by atoms with E-state index >= 15 is 0 Å². The number of aromatic nitrogens is 2. The lowest BCUT2D eigenvalue weighted by Crippen LogP contribution is -2.33. The van der Waals surface area contributed by atoms with Gasteiger partial charge in [0.2, 0.25) is 0 Å². The van der Waals surface area contributed by atoms with Crippen LogP contribution in [0.1, 0.15) is 12.5 Å². The highest BCUT2D eigenvalue weighted by Gasteiger charge is 2.14. The number of hydrogen-bond donors (Lipinski definition) is 2.